The number of rotatable bonds is 6. The fraction of sp³-hybridized carbons (Fsp3) is 0.818. The molecule has 4 heteroatoms. The molecule has 0 fully saturated rings. The van der Waals surface area contributed by atoms with Crippen LogP contribution in [0.15, 0.2) is 6.20 Å². The summed E-state index contributed by atoms with van der Waals surface area (Å²) in [6, 6.07) is 0.380. The number of nitrogens with one attached hydrogen (secondary N) is 1. The minimum absolute atomic E-state index is 0.380. The molecule has 0 saturated carbocycles. The first kappa shape index (κ1) is 12.2. The maximum absolute atomic E-state index is 3.98. The van der Waals surface area contributed by atoms with Gasteiger partial charge in [0.1, 0.15) is 0 Å². The fourth-order valence-corrected chi connectivity index (χ4v) is 1.71. The van der Waals surface area contributed by atoms with E-state index >= 15 is 0 Å². The van der Waals surface area contributed by atoms with Gasteiger partial charge in [0, 0.05) is 7.05 Å². The molecule has 0 aromatic carbocycles. The standard InChI is InChI=1S/C11H22N4/c1-5-6-12-10(7-9(2)3)11-8-13-14-15(11)4/h8-10,12H,5-7H2,1-4H3. The zero-order valence-electron chi connectivity index (χ0n) is 10.2. The van der Waals surface area contributed by atoms with Crippen molar-refractivity contribution in [3.05, 3.63) is 11.9 Å². The smallest absolute Gasteiger partial charge is 0.0753 e. The molecule has 1 unspecified atom stereocenters. The van der Waals surface area contributed by atoms with Crippen LogP contribution in [-0.2, 0) is 7.05 Å². The van der Waals surface area contributed by atoms with Crippen LogP contribution in [0, 0.1) is 5.92 Å². The lowest BCUT2D eigenvalue weighted by Crippen LogP contribution is -2.25. The first-order valence-corrected chi connectivity index (χ1v) is 5.73. The van der Waals surface area contributed by atoms with Crippen molar-refractivity contribution in [1.29, 1.82) is 0 Å². The molecule has 1 rings (SSSR count). The summed E-state index contributed by atoms with van der Waals surface area (Å²) in [7, 11) is 1.95. The second kappa shape index (κ2) is 5.85. The van der Waals surface area contributed by atoms with Crippen LogP contribution in [0.5, 0.6) is 0 Å². The minimum atomic E-state index is 0.380. The Balaban J connectivity index is 2.67. The minimum Gasteiger partial charge on any atom is -0.309 e. The Morgan fingerprint density at radius 3 is 2.67 bits per heavy atom. The molecule has 0 aliphatic carbocycles. The second-order valence-electron chi connectivity index (χ2n) is 4.42. The lowest BCUT2D eigenvalue weighted by atomic mass is 10.0. The van der Waals surface area contributed by atoms with Crippen LogP contribution in [0.2, 0.25) is 0 Å². The largest absolute Gasteiger partial charge is 0.309 e. The molecule has 0 aliphatic rings. The van der Waals surface area contributed by atoms with E-state index in [0.717, 1.165) is 19.4 Å². The van der Waals surface area contributed by atoms with Crippen LogP contribution < -0.4 is 5.32 Å². The van der Waals surface area contributed by atoms with E-state index in [9.17, 15) is 0 Å². The third-order valence-electron chi connectivity index (χ3n) is 2.45. The van der Waals surface area contributed by atoms with Gasteiger partial charge in [-0.3, -0.25) is 4.68 Å². The van der Waals surface area contributed by atoms with Gasteiger partial charge in [-0.2, -0.15) is 0 Å². The van der Waals surface area contributed by atoms with Crippen LogP contribution in [0.25, 0.3) is 0 Å². The van der Waals surface area contributed by atoms with E-state index < -0.39 is 0 Å². The molecule has 0 bridgehead atoms. The number of hydrogen-bond donors (Lipinski definition) is 1. The first-order chi connectivity index (χ1) is 7.15. The highest BCUT2D eigenvalue weighted by Crippen LogP contribution is 2.19. The molecule has 0 saturated heterocycles. The van der Waals surface area contributed by atoms with E-state index in [2.05, 4.69) is 36.4 Å². The SMILES string of the molecule is CCCNC(CC(C)C)c1cnnn1C. The van der Waals surface area contributed by atoms with Gasteiger partial charge in [-0.25, -0.2) is 0 Å². The van der Waals surface area contributed by atoms with Gasteiger partial charge < -0.3 is 5.32 Å². The number of hydrogen-bond acceptors (Lipinski definition) is 3. The van der Waals surface area contributed by atoms with Gasteiger partial charge >= 0.3 is 0 Å². The molecule has 15 heavy (non-hydrogen) atoms. The van der Waals surface area contributed by atoms with Crippen molar-refractivity contribution in [3.8, 4) is 0 Å². The highest BCUT2D eigenvalue weighted by atomic mass is 15.4. The van der Waals surface area contributed by atoms with Crippen molar-refractivity contribution in [3.63, 3.8) is 0 Å². The molecular weight excluding hydrogens is 188 g/mol. The molecule has 0 spiro atoms. The van der Waals surface area contributed by atoms with Gasteiger partial charge in [0.25, 0.3) is 0 Å². The third-order valence-corrected chi connectivity index (χ3v) is 2.45. The van der Waals surface area contributed by atoms with Gasteiger partial charge in [-0.1, -0.05) is 26.0 Å². The zero-order valence-corrected chi connectivity index (χ0v) is 10.2. The molecule has 1 atom stereocenters. The summed E-state index contributed by atoms with van der Waals surface area (Å²) in [5.41, 5.74) is 1.18. The highest BCUT2D eigenvalue weighted by Gasteiger charge is 2.16. The van der Waals surface area contributed by atoms with Gasteiger partial charge in [0.05, 0.1) is 17.9 Å². The topological polar surface area (TPSA) is 42.7 Å². The van der Waals surface area contributed by atoms with Crippen molar-refractivity contribution >= 4 is 0 Å². The number of nitrogens with zero attached hydrogens (tertiary/aromatic N) is 3. The summed E-state index contributed by atoms with van der Waals surface area (Å²) in [5.74, 6) is 0.675. The number of aryl methyl sites for hydroxylation is 1. The zero-order chi connectivity index (χ0) is 11.3. The van der Waals surface area contributed by atoms with E-state index in [1.165, 1.54) is 5.69 Å². The molecule has 0 aliphatic heterocycles. The van der Waals surface area contributed by atoms with E-state index in [1.807, 2.05) is 17.9 Å². The lowest BCUT2D eigenvalue weighted by Gasteiger charge is -2.19. The first-order valence-electron chi connectivity index (χ1n) is 5.73. The molecule has 4 nitrogen and oxygen atoms in total. The van der Waals surface area contributed by atoms with Gasteiger partial charge in [0.2, 0.25) is 0 Å². The normalized spacial score (nSPS) is 13.4. The monoisotopic (exact) mass is 210 g/mol. The molecule has 0 radical (unpaired) electrons. The van der Waals surface area contributed by atoms with Gasteiger partial charge in [-0.05, 0) is 25.3 Å². The Morgan fingerprint density at radius 1 is 1.47 bits per heavy atom. The van der Waals surface area contributed by atoms with Crippen LogP contribution in [0.3, 0.4) is 0 Å². The van der Waals surface area contributed by atoms with E-state index in [-0.39, 0.29) is 0 Å². The van der Waals surface area contributed by atoms with Crippen LogP contribution in [0.4, 0.5) is 0 Å². The van der Waals surface area contributed by atoms with E-state index in [1.54, 1.807) is 0 Å². The third kappa shape index (κ3) is 3.63. The Labute approximate surface area is 92.1 Å². The Bertz CT molecular complexity index is 280. The highest BCUT2D eigenvalue weighted by molar-refractivity contribution is 5.01. The summed E-state index contributed by atoms with van der Waals surface area (Å²) >= 11 is 0. The van der Waals surface area contributed by atoms with Crippen molar-refractivity contribution < 1.29 is 0 Å². The summed E-state index contributed by atoms with van der Waals surface area (Å²) in [6.07, 6.45) is 4.14. The van der Waals surface area contributed by atoms with Crippen LogP contribution in [0.1, 0.15) is 45.3 Å². The predicted molar refractivity (Wildman–Crippen MR) is 61.5 cm³/mol. The second-order valence-corrected chi connectivity index (χ2v) is 4.42. The maximum Gasteiger partial charge on any atom is 0.0753 e. The predicted octanol–water partition coefficient (Wildman–Crippen LogP) is 1.90. The van der Waals surface area contributed by atoms with Crippen molar-refractivity contribution in [2.75, 3.05) is 6.54 Å². The van der Waals surface area contributed by atoms with Crippen LogP contribution >= 0.6 is 0 Å². The number of aromatic nitrogens is 3. The Morgan fingerprint density at radius 2 is 2.20 bits per heavy atom. The summed E-state index contributed by atoms with van der Waals surface area (Å²) < 4.78 is 1.86. The molecule has 1 aromatic rings. The lowest BCUT2D eigenvalue weighted by molar-refractivity contribution is 0.410. The van der Waals surface area contributed by atoms with Crippen molar-refractivity contribution in [2.45, 2.75) is 39.7 Å². The molecule has 86 valence electrons. The van der Waals surface area contributed by atoms with Gasteiger partial charge in [0.15, 0.2) is 0 Å². The summed E-state index contributed by atoms with van der Waals surface area (Å²) in [5, 5.41) is 11.5. The summed E-state index contributed by atoms with van der Waals surface area (Å²) in [4.78, 5) is 0. The Kier molecular flexibility index (Phi) is 4.75. The van der Waals surface area contributed by atoms with Gasteiger partial charge in [-0.15, -0.1) is 5.10 Å². The quantitative estimate of drug-likeness (QED) is 0.780. The Hall–Kier alpha value is -0.900. The average Bonchev–Trinajstić information content (AvgIpc) is 2.58. The average molecular weight is 210 g/mol. The fourth-order valence-electron chi connectivity index (χ4n) is 1.71. The molecule has 0 amide bonds. The van der Waals surface area contributed by atoms with Crippen molar-refractivity contribution in [1.82, 2.24) is 20.3 Å². The summed E-state index contributed by atoms with van der Waals surface area (Å²) in [6.45, 7) is 7.71. The molecular formula is C11H22N4. The van der Waals surface area contributed by atoms with E-state index in [0.29, 0.717) is 12.0 Å². The molecule has 1 aromatic heterocycles. The van der Waals surface area contributed by atoms with Crippen molar-refractivity contribution in [2.24, 2.45) is 13.0 Å². The molecule has 1 N–H and O–H groups in total. The molecule has 1 heterocycles. The van der Waals surface area contributed by atoms with Crippen LogP contribution in [-0.4, -0.2) is 21.5 Å². The van der Waals surface area contributed by atoms with E-state index in [4.69, 9.17) is 0 Å². The maximum atomic E-state index is 3.98.